The second kappa shape index (κ2) is 7.51. The van der Waals surface area contributed by atoms with Crippen LogP contribution in [-0.4, -0.2) is 59.9 Å². The number of ether oxygens (including phenoxy) is 1. The smallest absolute Gasteiger partial charge is 0.341 e. The number of fused-ring (bicyclic) bond motifs is 2. The number of likely N-dealkylation sites (tertiary alicyclic amines) is 1. The van der Waals surface area contributed by atoms with Crippen LogP contribution >= 0.6 is 0 Å². The van der Waals surface area contributed by atoms with Crippen molar-refractivity contribution in [1.29, 1.82) is 0 Å². The number of nitrogens with zero attached hydrogens (tertiary/aromatic N) is 3. The van der Waals surface area contributed by atoms with Crippen LogP contribution in [0.15, 0.2) is 17.1 Å². The Kier molecular flexibility index (Phi) is 4.92. The molecule has 166 valence electrons. The van der Waals surface area contributed by atoms with E-state index < -0.39 is 17.2 Å². The lowest BCUT2D eigenvalue weighted by atomic mass is 9.92. The number of likely N-dealkylation sites (N-methyl/N-ethyl adjacent to an activating group) is 1. The van der Waals surface area contributed by atoms with Crippen LogP contribution in [0.2, 0.25) is 0 Å². The van der Waals surface area contributed by atoms with Gasteiger partial charge in [0.05, 0.1) is 18.0 Å². The van der Waals surface area contributed by atoms with Crippen LogP contribution in [0.25, 0.3) is 10.9 Å². The van der Waals surface area contributed by atoms with Crippen molar-refractivity contribution in [1.82, 2.24) is 9.47 Å². The fourth-order valence-electron chi connectivity index (χ4n) is 5.57. The third-order valence-electron chi connectivity index (χ3n) is 7.19. The molecule has 1 aromatic heterocycles. The Morgan fingerprint density at radius 2 is 2.06 bits per heavy atom. The van der Waals surface area contributed by atoms with Crippen molar-refractivity contribution < 1.29 is 19.0 Å². The molecule has 5 rings (SSSR count). The highest BCUT2D eigenvalue weighted by Gasteiger charge is 2.41. The lowest BCUT2D eigenvalue weighted by Gasteiger charge is -2.35. The minimum atomic E-state index is -1.30. The van der Waals surface area contributed by atoms with Gasteiger partial charge in [-0.2, -0.15) is 0 Å². The summed E-state index contributed by atoms with van der Waals surface area (Å²) in [5, 5.41) is 9.56. The van der Waals surface area contributed by atoms with Crippen LogP contribution < -0.4 is 15.1 Å². The first-order chi connectivity index (χ1) is 14.9. The van der Waals surface area contributed by atoms with Gasteiger partial charge in [-0.1, -0.05) is 6.92 Å². The van der Waals surface area contributed by atoms with Crippen LogP contribution in [0.1, 0.15) is 49.0 Å². The van der Waals surface area contributed by atoms with Crippen LogP contribution in [0, 0.1) is 11.7 Å². The predicted molar refractivity (Wildman–Crippen MR) is 116 cm³/mol. The van der Waals surface area contributed by atoms with Crippen LogP contribution in [0.4, 0.5) is 10.1 Å². The molecule has 1 saturated carbocycles. The number of carboxylic acid groups (broad SMARTS) is 1. The van der Waals surface area contributed by atoms with Gasteiger partial charge in [0.2, 0.25) is 5.43 Å². The molecule has 0 bridgehead atoms. The number of anilines is 1. The molecular weight excluding hydrogens is 401 g/mol. The summed E-state index contributed by atoms with van der Waals surface area (Å²) in [7, 11) is 1.49. The van der Waals surface area contributed by atoms with Crippen molar-refractivity contribution in [3.63, 3.8) is 0 Å². The van der Waals surface area contributed by atoms with Gasteiger partial charge in [0.1, 0.15) is 11.3 Å². The van der Waals surface area contributed by atoms with Crippen molar-refractivity contribution in [3.05, 3.63) is 33.9 Å². The van der Waals surface area contributed by atoms with E-state index in [2.05, 4.69) is 16.7 Å². The predicted octanol–water partition coefficient (Wildman–Crippen LogP) is 3.10. The molecule has 1 N–H and O–H groups in total. The Balaban J connectivity index is 1.69. The number of benzene rings is 1. The Bertz CT molecular complexity index is 1110. The van der Waals surface area contributed by atoms with Gasteiger partial charge < -0.3 is 19.3 Å². The molecule has 2 saturated heterocycles. The van der Waals surface area contributed by atoms with E-state index in [1.807, 2.05) is 4.57 Å². The molecule has 2 aromatic rings. The van der Waals surface area contributed by atoms with Gasteiger partial charge in [-0.3, -0.25) is 9.69 Å². The first-order valence-corrected chi connectivity index (χ1v) is 11.1. The standard InChI is InChI=1S/C23H28FN3O4/c1-3-25-8-4-5-13-10-26(12-18(13)25)20-17(24)9-15-19(22(20)31-2)27(14-6-7-14)11-16(21(15)28)23(29)30/h9,11,13-14,18H,3-8,10,12H2,1-2H3,(H,29,30). The van der Waals surface area contributed by atoms with Crippen molar-refractivity contribution in [3.8, 4) is 5.75 Å². The first kappa shape index (κ1) is 20.3. The number of halogens is 1. The van der Waals surface area contributed by atoms with E-state index in [-0.39, 0.29) is 17.0 Å². The lowest BCUT2D eigenvalue weighted by molar-refractivity contribution is 0.0695. The van der Waals surface area contributed by atoms with E-state index in [1.54, 1.807) is 0 Å². The molecule has 3 aliphatic rings. The molecular formula is C23H28FN3O4. The van der Waals surface area contributed by atoms with Gasteiger partial charge in [-0.15, -0.1) is 0 Å². The zero-order chi connectivity index (χ0) is 21.9. The largest absolute Gasteiger partial charge is 0.492 e. The molecule has 7 nitrogen and oxygen atoms in total. The molecule has 0 spiro atoms. The van der Waals surface area contributed by atoms with Crippen LogP contribution in [0.3, 0.4) is 0 Å². The maximum atomic E-state index is 15.5. The summed E-state index contributed by atoms with van der Waals surface area (Å²) in [4.78, 5) is 29.0. The maximum Gasteiger partial charge on any atom is 0.341 e. The fraction of sp³-hybridized carbons (Fsp3) is 0.565. The van der Waals surface area contributed by atoms with Crippen molar-refractivity contribution in [2.75, 3.05) is 38.2 Å². The molecule has 3 fully saturated rings. The molecule has 2 aliphatic heterocycles. The second-order valence-electron chi connectivity index (χ2n) is 8.96. The molecule has 1 aromatic carbocycles. The van der Waals surface area contributed by atoms with Gasteiger partial charge in [0.25, 0.3) is 0 Å². The van der Waals surface area contributed by atoms with E-state index >= 15 is 4.39 Å². The number of hydrogen-bond acceptors (Lipinski definition) is 5. The number of methoxy groups -OCH3 is 1. The first-order valence-electron chi connectivity index (χ1n) is 11.1. The van der Waals surface area contributed by atoms with E-state index in [0.29, 0.717) is 28.9 Å². The zero-order valence-electron chi connectivity index (χ0n) is 17.9. The Hall–Kier alpha value is -2.61. The van der Waals surface area contributed by atoms with Crippen molar-refractivity contribution >= 4 is 22.6 Å². The average molecular weight is 429 g/mol. The fourth-order valence-corrected chi connectivity index (χ4v) is 5.57. The van der Waals surface area contributed by atoms with E-state index in [9.17, 15) is 14.7 Å². The van der Waals surface area contributed by atoms with Gasteiger partial charge >= 0.3 is 5.97 Å². The number of aromatic nitrogens is 1. The number of pyridine rings is 1. The second-order valence-corrected chi connectivity index (χ2v) is 8.96. The minimum Gasteiger partial charge on any atom is -0.492 e. The number of carbonyl (C=O) groups is 1. The average Bonchev–Trinajstić information content (AvgIpc) is 3.50. The van der Waals surface area contributed by atoms with Crippen molar-refractivity contribution in [2.45, 2.75) is 44.7 Å². The third-order valence-corrected chi connectivity index (χ3v) is 7.19. The number of piperidine rings is 1. The summed E-state index contributed by atoms with van der Waals surface area (Å²) in [6.07, 6.45) is 5.47. The Morgan fingerprint density at radius 1 is 1.29 bits per heavy atom. The van der Waals surface area contributed by atoms with Gasteiger partial charge in [0, 0.05) is 31.4 Å². The van der Waals surface area contributed by atoms with Gasteiger partial charge in [-0.25, -0.2) is 9.18 Å². The molecule has 1 aliphatic carbocycles. The molecule has 2 atom stereocenters. The molecule has 3 heterocycles. The normalized spacial score (nSPS) is 23.9. The minimum absolute atomic E-state index is 0.0664. The number of hydrogen-bond donors (Lipinski definition) is 1. The Morgan fingerprint density at radius 3 is 2.71 bits per heavy atom. The summed E-state index contributed by atoms with van der Waals surface area (Å²) < 4.78 is 23.0. The number of carboxylic acids is 1. The van der Waals surface area contributed by atoms with Crippen molar-refractivity contribution in [2.24, 2.45) is 5.92 Å². The number of rotatable bonds is 5. The monoisotopic (exact) mass is 429 g/mol. The van der Waals surface area contributed by atoms with Crippen LogP contribution in [0.5, 0.6) is 5.75 Å². The third kappa shape index (κ3) is 3.19. The summed E-state index contributed by atoms with van der Waals surface area (Å²) >= 11 is 0. The molecule has 0 radical (unpaired) electrons. The molecule has 2 unspecified atom stereocenters. The molecule has 8 heteroatoms. The SMILES string of the molecule is CCN1CCCC2CN(c3c(F)cc4c(=O)c(C(=O)O)cn(C5CC5)c4c3OC)CC21. The lowest BCUT2D eigenvalue weighted by Crippen LogP contribution is -2.44. The number of aromatic carboxylic acids is 1. The topological polar surface area (TPSA) is 75.0 Å². The highest BCUT2D eigenvalue weighted by atomic mass is 19.1. The summed E-state index contributed by atoms with van der Waals surface area (Å²) in [6, 6.07) is 1.70. The summed E-state index contributed by atoms with van der Waals surface area (Å²) in [5.41, 5.74) is -0.120. The molecule has 31 heavy (non-hydrogen) atoms. The van der Waals surface area contributed by atoms with Gasteiger partial charge in [-0.05, 0) is 50.8 Å². The summed E-state index contributed by atoms with van der Waals surface area (Å²) in [5.74, 6) is -1.02. The van der Waals surface area contributed by atoms with Crippen LogP contribution in [-0.2, 0) is 0 Å². The van der Waals surface area contributed by atoms with E-state index in [0.717, 1.165) is 51.9 Å². The highest BCUT2D eigenvalue weighted by Crippen LogP contribution is 2.45. The summed E-state index contributed by atoms with van der Waals surface area (Å²) in [6.45, 7) is 5.68. The van der Waals surface area contributed by atoms with Gasteiger partial charge in [0.15, 0.2) is 11.6 Å². The maximum absolute atomic E-state index is 15.5. The molecule has 0 amide bonds. The zero-order valence-corrected chi connectivity index (χ0v) is 17.9. The Labute approximate surface area is 180 Å². The van der Waals surface area contributed by atoms with E-state index in [1.165, 1.54) is 19.4 Å². The highest BCUT2D eigenvalue weighted by molar-refractivity contribution is 5.97. The quantitative estimate of drug-likeness (QED) is 0.787. The van der Waals surface area contributed by atoms with E-state index in [4.69, 9.17) is 4.74 Å².